The lowest BCUT2D eigenvalue weighted by Crippen LogP contribution is -2.51. The molecule has 1 rings (SSSR count). The average molecular weight is 222 g/mol. The molecule has 0 aromatic carbocycles. The van der Waals surface area contributed by atoms with Gasteiger partial charge in [0.25, 0.3) is 0 Å². The molecule has 2 unspecified atom stereocenters. The molecule has 0 radical (unpaired) electrons. The van der Waals surface area contributed by atoms with Crippen LogP contribution in [-0.2, 0) is 0 Å². The van der Waals surface area contributed by atoms with Gasteiger partial charge in [0.1, 0.15) is 5.54 Å². The second-order valence-electron chi connectivity index (χ2n) is 5.42. The van der Waals surface area contributed by atoms with Crippen molar-refractivity contribution < 1.29 is 0 Å². The van der Waals surface area contributed by atoms with E-state index in [4.69, 9.17) is 0 Å². The molecule has 2 atom stereocenters. The molecule has 0 aromatic heterocycles. The van der Waals surface area contributed by atoms with Crippen molar-refractivity contribution in [3.05, 3.63) is 0 Å². The Bertz CT molecular complexity index is 250. The molecule has 0 aliphatic heterocycles. The van der Waals surface area contributed by atoms with Gasteiger partial charge in [-0.05, 0) is 44.2 Å². The number of hydrogen-bond donors (Lipinski definition) is 0. The van der Waals surface area contributed by atoms with E-state index in [1.54, 1.807) is 0 Å². The summed E-state index contributed by atoms with van der Waals surface area (Å²) in [5.74, 6) is 1.44. The van der Waals surface area contributed by atoms with Crippen molar-refractivity contribution in [2.24, 2.45) is 11.8 Å². The first-order valence-corrected chi connectivity index (χ1v) is 6.76. The van der Waals surface area contributed by atoms with Crippen molar-refractivity contribution in [3.8, 4) is 6.07 Å². The van der Waals surface area contributed by atoms with Crippen LogP contribution in [-0.4, -0.2) is 23.5 Å². The third kappa shape index (κ3) is 2.58. The summed E-state index contributed by atoms with van der Waals surface area (Å²) in [6.07, 6.45) is 4.66. The standard InChI is InChI=1S/C14H26N2/c1-5-16(6-2)14(11-15)9-7-8-13(10-14)12(3)4/h12-13H,5-10H2,1-4H3. The van der Waals surface area contributed by atoms with Gasteiger partial charge in [0.05, 0.1) is 6.07 Å². The van der Waals surface area contributed by atoms with E-state index in [2.05, 4.69) is 38.7 Å². The van der Waals surface area contributed by atoms with Crippen molar-refractivity contribution in [3.63, 3.8) is 0 Å². The molecule has 0 bridgehead atoms. The van der Waals surface area contributed by atoms with Gasteiger partial charge in [0.15, 0.2) is 0 Å². The van der Waals surface area contributed by atoms with Crippen molar-refractivity contribution >= 4 is 0 Å². The smallest absolute Gasteiger partial charge is 0.109 e. The van der Waals surface area contributed by atoms with Gasteiger partial charge in [-0.25, -0.2) is 0 Å². The van der Waals surface area contributed by atoms with E-state index < -0.39 is 0 Å². The fourth-order valence-corrected chi connectivity index (χ4v) is 3.15. The van der Waals surface area contributed by atoms with E-state index in [1.807, 2.05) is 0 Å². The Morgan fingerprint density at radius 2 is 2.00 bits per heavy atom. The van der Waals surface area contributed by atoms with E-state index in [0.29, 0.717) is 5.92 Å². The highest BCUT2D eigenvalue weighted by Crippen LogP contribution is 2.39. The molecule has 1 saturated carbocycles. The molecular formula is C14H26N2. The minimum absolute atomic E-state index is 0.170. The van der Waals surface area contributed by atoms with Crippen LogP contribution >= 0.6 is 0 Å². The molecule has 0 N–H and O–H groups in total. The zero-order valence-corrected chi connectivity index (χ0v) is 11.3. The summed E-state index contributed by atoms with van der Waals surface area (Å²) in [7, 11) is 0. The maximum absolute atomic E-state index is 9.58. The van der Waals surface area contributed by atoms with Gasteiger partial charge in [-0.2, -0.15) is 5.26 Å². The van der Waals surface area contributed by atoms with Crippen molar-refractivity contribution in [1.82, 2.24) is 4.90 Å². The third-order valence-corrected chi connectivity index (χ3v) is 4.28. The van der Waals surface area contributed by atoms with Gasteiger partial charge >= 0.3 is 0 Å². The largest absolute Gasteiger partial charge is 0.286 e. The molecule has 2 nitrogen and oxygen atoms in total. The molecule has 2 heteroatoms. The Labute approximate surface area is 101 Å². The number of hydrogen-bond acceptors (Lipinski definition) is 2. The summed E-state index contributed by atoms with van der Waals surface area (Å²) < 4.78 is 0. The monoisotopic (exact) mass is 222 g/mol. The SMILES string of the molecule is CCN(CC)C1(C#N)CCCC(C(C)C)C1. The Kier molecular flexibility index (Phi) is 4.80. The first-order chi connectivity index (χ1) is 7.59. The summed E-state index contributed by atoms with van der Waals surface area (Å²) in [4.78, 5) is 2.36. The lowest BCUT2D eigenvalue weighted by atomic mass is 9.71. The van der Waals surface area contributed by atoms with Crippen LogP contribution < -0.4 is 0 Å². The highest BCUT2D eigenvalue weighted by Gasteiger charge is 2.40. The fourth-order valence-electron chi connectivity index (χ4n) is 3.15. The van der Waals surface area contributed by atoms with Crippen LogP contribution in [0.2, 0.25) is 0 Å². The van der Waals surface area contributed by atoms with Gasteiger partial charge < -0.3 is 0 Å². The second kappa shape index (κ2) is 5.68. The maximum atomic E-state index is 9.58. The van der Waals surface area contributed by atoms with Gasteiger partial charge in [0.2, 0.25) is 0 Å². The van der Waals surface area contributed by atoms with Gasteiger partial charge in [-0.15, -0.1) is 0 Å². The van der Waals surface area contributed by atoms with Gasteiger partial charge in [-0.3, -0.25) is 4.90 Å². The van der Waals surface area contributed by atoms with E-state index in [1.165, 1.54) is 12.8 Å². The lowest BCUT2D eigenvalue weighted by molar-refractivity contribution is 0.0702. The molecule has 0 spiro atoms. The fraction of sp³-hybridized carbons (Fsp3) is 0.929. The van der Waals surface area contributed by atoms with E-state index in [9.17, 15) is 5.26 Å². The minimum atomic E-state index is -0.170. The van der Waals surface area contributed by atoms with Crippen LogP contribution in [0.3, 0.4) is 0 Å². The molecule has 0 saturated heterocycles. The molecule has 1 aliphatic rings. The summed E-state index contributed by atoms with van der Waals surface area (Å²) in [6, 6.07) is 2.63. The Morgan fingerprint density at radius 3 is 2.44 bits per heavy atom. The third-order valence-electron chi connectivity index (χ3n) is 4.28. The van der Waals surface area contributed by atoms with Crippen LogP contribution in [0, 0.1) is 23.2 Å². The second-order valence-corrected chi connectivity index (χ2v) is 5.42. The normalized spacial score (nSPS) is 30.7. The predicted octanol–water partition coefficient (Wildman–Crippen LogP) is 3.44. The molecule has 16 heavy (non-hydrogen) atoms. The van der Waals surface area contributed by atoms with Crippen LogP contribution in [0.5, 0.6) is 0 Å². The first-order valence-electron chi connectivity index (χ1n) is 6.76. The van der Waals surface area contributed by atoms with E-state index in [0.717, 1.165) is 31.8 Å². The number of rotatable bonds is 4. The number of nitrogens with zero attached hydrogens (tertiary/aromatic N) is 2. The molecule has 92 valence electrons. The first kappa shape index (κ1) is 13.5. The summed E-state index contributed by atoms with van der Waals surface area (Å²) in [5, 5.41) is 9.58. The minimum Gasteiger partial charge on any atom is -0.286 e. The zero-order chi connectivity index (χ0) is 12.2. The summed E-state index contributed by atoms with van der Waals surface area (Å²) in [6.45, 7) is 10.9. The Hall–Kier alpha value is -0.550. The maximum Gasteiger partial charge on any atom is 0.109 e. The predicted molar refractivity (Wildman–Crippen MR) is 68.1 cm³/mol. The van der Waals surface area contributed by atoms with Crippen LogP contribution in [0.15, 0.2) is 0 Å². The van der Waals surface area contributed by atoms with E-state index in [-0.39, 0.29) is 5.54 Å². The van der Waals surface area contributed by atoms with Crippen LogP contribution in [0.1, 0.15) is 53.4 Å². The highest BCUT2D eigenvalue weighted by atomic mass is 15.2. The highest BCUT2D eigenvalue weighted by molar-refractivity contribution is 5.10. The van der Waals surface area contributed by atoms with Crippen molar-refractivity contribution in [2.45, 2.75) is 58.9 Å². The quantitative estimate of drug-likeness (QED) is 0.728. The van der Waals surface area contributed by atoms with Crippen molar-refractivity contribution in [2.75, 3.05) is 13.1 Å². The topological polar surface area (TPSA) is 27.0 Å². The zero-order valence-electron chi connectivity index (χ0n) is 11.3. The van der Waals surface area contributed by atoms with E-state index >= 15 is 0 Å². The van der Waals surface area contributed by atoms with Crippen LogP contribution in [0.25, 0.3) is 0 Å². The Morgan fingerprint density at radius 1 is 1.38 bits per heavy atom. The molecule has 1 fully saturated rings. The van der Waals surface area contributed by atoms with Crippen LogP contribution in [0.4, 0.5) is 0 Å². The average Bonchev–Trinajstić information content (AvgIpc) is 2.30. The molecule has 0 amide bonds. The van der Waals surface area contributed by atoms with Gasteiger partial charge in [0, 0.05) is 0 Å². The molecule has 0 heterocycles. The molecule has 1 aliphatic carbocycles. The molecule has 0 aromatic rings. The Balaban J connectivity index is 2.83. The summed E-state index contributed by atoms with van der Waals surface area (Å²) in [5.41, 5.74) is -0.170. The molecular weight excluding hydrogens is 196 g/mol. The van der Waals surface area contributed by atoms with Gasteiger partial charge in [-0.1, -0.05) is 34.1 Å². The van der Waals surface area contributed by atoms with Crippen molar-refractivity contribution in [1.29, 1.82) is 5.26 Å². The summed E-state index contributed by atoms with van der Waals surface area (Å²) >= 11 is 0. The lowest BCUT2D eigenvalue weighted by Gasteiger charge is -2.44. The number of nitriles is 1.